The van der Waals surface area contributed by atoms with Crippen LogP contribution >= 0.6 is 0 Å². The zero-order chi connectivity index (χ0) is 18.2. The molecule has 5 heteroatoms. The number of amides is 2. The third-order valence-electron chi connectivity index (χ3n) is 4.08. The number of hydrogen-bond acceptors (Lipinski definition) is 2. The minimum Gasteiger partial charge on any atom is -0.347 e. The van der Waals surface area contributed by atoms with Gasteiger partial charge in [-0.1, -0.05) is 50.2 Å². The van der Waals surface area contributed by atoms with Crippen molar-refractivity contribution in [2.75, 3.05) is 11.9 Å². The molecule has 0 aromatic heterocycles. The van der Waals surface area contributed by atoms with Crippen molar-refractivity contribution in [3.63, 3.8) is 0 Å². The molecule has 0 aliphatic rings. The number of para-hydroxylation sites is 1. The first kappa shape index (κ1) is 18.6. The van der Waals surface area contributed by atoms with Gasteiger partial charge in [-0.2, -0.15) is 0 Å². The van der Waals surface area contributed by atoms with Gasteiger partial charge in [-0.15, -0.1) is 0 Å². The summed E-state index contributed by atoms with van der Waals surface area (Å²) in [6.07, 6.45) is 1.86. The average Bonchev–Trinajstić information content (AvgIpc) is 2.63. The zero-order valence-electron chi connectivity index (χ0n) is 14.6. The fraction of sp³-hybridized carbons (Fsp3) is 0.300. The number of rotatable bonds is 6. The molecule has 25 heavy (non-hydrogen) atoms. The number of carbonyl (C=O) groups is 2. The Labute approximate surface area is 147 Å². The third-order valence-corrected chi connectivity index (χ3v) is 4.08. The Morgan fingerprint density at radius 2 is 1.48 bits per heavy atom. The van der Waals surface area contributed by atoms with E-state index >= 15 is 0 Å². The Bertz CT molecular complexity index is 737. The van der Waals surface area contributed by atoms with Gasteiger partial charge >= 0.3 is 11.8 Å². The average molecular weight is 342 g/mol. The molecule has 2 amide bonds. The molecule has 0 saturated carbocycles. The first-order valence-electron chi connectivity index (χ1n) is 8.50. The number of aryl methyl sites for hydroxylation is 2. The van der Waals surface area contributed by atoms with E-state index in [2.05, 4.69) is 10.6 Å². The van der Waals surface area contributed by atoms with E-state index in [9.17, 15) is 14.0 Å². The summed E-state index contributed by atoms with van der Waals surface area (Å²) in [5.74, 6) is -1.74. The number of benzene rings is 2. The van der Waals surface area contributed by atoms with Crippen molar-refractivity contribution < 1.29 is 14.0 Å². The molecule has 0 aliphatic heterocycles. The molecule has 0 atom stereocenters. The van der Waals surface area contributed by atoms with Crippen LogP contribution in [0.1, 0.15) is 30.5 Å². The molecular weight excluding hydrogens is 319 g/mol. The highest BCUT2D eigenvalue weighted by atomic mass is 19.1. The van der Waals surface area contributed by atoms with Crippen LogP contribution in [0.15, 0.2) is 42.5 Å². The van der Waals surface area contributed by atoms with Crippen LogP contribution in [-0.4, -0.2) is 18.4 Å². The van der Waals surface area contributed by atoms with Crippen molar-refractivity contribution in [2.24, 2.45) is 0 Å². The fourth-order valence-corrected chi connectivity index (χ4v) is 2.67. The molecule has 2 rings (SSSR count). The summed E-state index contributed by atoms with van der Waals surface area (Å²) in [4.78, 5) is 24.2. The molecule has 0 aliphatic carbocycles. The Morgan fingerprint density at radius 1 is 0.880 bits per heavy atom. The monoisotopic (exact) mass is 342 g/mol. The van der Waals surface area contributed by atoms with Crippen LogP contribution in [0.4, 0.5) is 10.1 Å². The topological polar surface area (TPSA) is 58.2 Å². The van der Waals surface area contributed by atoms with E-state index in [1.54, 1.807) is 18.2 Å². The van der Waals surface area contributed by atoms with Crippen LogP contribution in [0.25, 0.3) is 0 Å². The minimum absolute atomic E-state index is 0.198. The first-order valence-corrected chi connectivity index (χ1v) is 8.50. The summed E-state index contributed by atoms with van der Waals surface area (Å²) >= 11 is 0. The van der Waals surface area contributed by atoms with E-state index in [0.717, 1.165) is 24.0 Å². The lowest BCUT2D eigenvalue weighted by molar-refractivity contribution is -0.136. The van der Waals surface area contributed by atoms with E-state index < -0.39 is 11.8 Å². The van der Waals surface area contributed by atoms with Gasteiger partial charge in [0.25, 0.3) is 0 Å². The van der Waals surface area contributed by atoms with Crippen LogP contribution in [0.2, 0.25) is 0 Å². The molecule has 2 aromatic rings. The Hall–Kier alpha value is -2.69. The maximum absolute atomic E-state index is 13.5. The van der Waals surface area contributed by atoms with Crippen LogP contribution in [0.3, 0.4) is 0 Å². The number of carbonyl (C=O) groups excluding carboxylic acids is 2. The number of nitrogens with one attached hydrogen (secondary N) is 2. The van der Waals surface area contributed by atoms with Crippen LogP contribution in [0, 0.1) is 5.82 Å². The van der Waals surface area contributed by atoms with Gasteiger partial charge in [-0.05, 0) is 42.0 Å². The molecule has 2 aromatic carbocycles. The van der Waals surface area contributed by atoms with Crippen molar-refractivity contribution in [3.05, 3.63) is 65.0 Å². The van der Waals surface area contributed by atoms with Crippen molar-refractivity contribution in [1.82, 2.24) is 5.32 Å². The Morgan fingerprint density at radius 3 is 2.08 bits per heavy atom. The van der Waals surface area contributed by atoms with Gasteiger partial charge in [0.1, 0.15) is 5.82 Å². The second-order valence-corrected chi connectivity index (χ2v) is 5.71. The second-order valence-electron chi connectivity index (χ2n) is 5.71. The summed E-state index contributed by atoms with van der Waals surface area (Å²) in [5.41, 5.74) is 3.20. The lowest BCUT2D eigenvalue weighted by Crippen LogP contribution is -2.37. The molecule has 0 spiro atoms. The zero-order valence-corrected chi connectivity index (χ0v) is 14.6. The summed E-state index contributed by atoms with van der Waals surface area (Å²) in [5, 5.41) is 5.25. The Balaban J connectivity index is 1.95. The van der Waals surface area contributed by atoms with E-state index in [4.69, 9.17) is 0 Å². The van der Waals surface area contributed by atoms with Gasteiger partial charge in [0.05, 0.1) is 0 Å². The molecular formula is C20H23FN2O2. The van der Waals surface area contributed by atoms with E-state index in [1.807, 2.05) is 32.0 Å². The molecule has 0 saturated heterocycles. The van der Waals surface area contributed by atoms with Crippen molar-refractivity contribution in [1.29, 1.82) is 0 Å². The van der Waals surface area contributed by atoms with Gasteiger partial charge in [-0.25, -0.2) is 4.39 Å². The maximum atomic E-state index is 13.5. The fourth-order valence-electron chi connectivity index (χ4n) is 2.67. The van der Waals surface area contributed by atoms with Crippen molar-refractivity contribution in [2.45, 2.75) is 33.1 Å². The van der Waals surface area contributed by atoms with Gasteiger partial charge in [-0.3, -0.25) is 9.59 Å². The highest BCUT2D eigenvalue weighted by molar-refractivity contribution is 6.39. The standard InChI is InChI=1S/C20H23FN2O2/c1-3-14-9-7-10-15(4-2)18(14)23-20(25)19(24)22-13-12-16-8-5-6-11-17(16)21/h5-11H,3-4,12-13H2,1-2H3,(H,22,24)(H,23,25). The Kier molecular flexibility index (Phi) is 6.69. The third kappa shape index (κ3) is 4.89. The van der Waals surface area contributed by atoms with Crippen LogP contribution in [-0.2, 0) is 28.9 Å². The molecule has 0 bridgehead atoms. The van der Waals surface area contributed by atoms with Crippen LogP contribution in [0.5, 0.6) is 0 Å². The lowest BCUT2D eigenvalue weighted by atomic mass is 10.0. The molecule has 0 radical (unpaired) electrons. The molecule has 2 N–H and O–H groups in total. The van der Waals surface area contributed by atoms with E-state index in [1.165, 1.54) is 6.07 Å². The number of halogens is 1. The maximum Gasteiger partial charge on any atom is 0.313 e. The molecule has 0 heterocycles. The quantitative estimate of drug-likeness (QED) is 0.792. The minimum atomic E-state index is -0.718. The van der Waals surface area contributed by atoms with Gasteiger partial charge in [0.2, 0.25) is 0 Å². The highest BCUT2D eigenvalue weighted by Gasteiger charge is 2.16. The van der Waals surface area contributed by atoms with Gasteiger partial charge in [0.15, 0.2) is 0 Å². The lowest BCUT2D eigenvalue weighted by Gasteiger charge is -2.14. The van der Waals surface area contributed by atoms with Gasteiger partial charge in [0, 0.05) is 12.2 Å². The van der Waals surface area contributed by atoms with Crippen LogP contribution < -0.4 is 10.6 Å². The number of hydrogen-bond donors (Lipinski definition) is 2. The SMILES string of the molecule is CCc1cccc(CC)c1NC(=O)C(=O)NCCc1ccccc1F. The molecule has 4 nitrogen and oxygen atoms in total. The first-order chi connectivity index (χ1) is 12.1. The van der Waals surface area contributed by atoms with Crippen molar-refractivity contribution >= 4 is 17.5 Å². The molecule has 0 unspecified atom stereocenters. The normalized spacial score (nSPS) is 10.4. The summed E-state index contributed by atoms with van der Waals surface area (Å²) in [7, 11) is 0. The summed E-state index contributed by atoms with van der Waals surface area (Å²) in [6.45, 7) is 4.20. The molecule has 132 valence electrons. The highest BCUT2D eigenvalue weighted by Crippen LogP contribution is 2.22. The van der Waals surface area contributed by atoms with Crippen molar-refractivity contribution in [3.8, 4) is 0 Å². The smallest absolute Gasteiger partial charge is 0.313 e. The van der Waals surface area contributed by atoms with E-state index in [-0.39, 0.29) is 12.4 Å². The predicted octanol–water partition coefficient (Wildman–Crippen LogP) is 3.25. The molecule has 0 fully saturated rings. The van der Waals surface area contributed by atoms with E-state index in [0.29, 0.717) is 17.7 Å². The summed E-state index contributed by atoms with van der Waals surface area (Å²) in [6, 6.07) is 12.2. The summed E-state index contributed by atoms with van der Waals surface area (Å²) < 4.78 is 13.5. The largest absolute Gasteiger partial charge is 0.347 e. The second kappa shape index (κ2) is 8.97. The predicted molar refractivity (Wildman–Crippen MR) is 96.9 cm³/mol. The van der Waals surface area contributed by atoms with Gasteiger partial charge < -0.3 is 10.6 Å². The number of anilines is 1.